The quantitative estimate of drug-likeness (QED) is 0.698. The summed E-state index contributed by atoms with van der Waals surface area (Å²) >= 11 is 0. The first-order valence-electron chi connectivity index (χ1n) is 9.82. The monoisotopic (exact) mass is 415 g/mol. The second-order valence-electron chi connectivity index (χ2n) is 7.86. The SMILES string of the molecule is CC(C)[C@@](C)(C#N)NC(=O)COC(=O)[C@@H]1CC(=O)N(c2ccc3c(c2)OCCO3)C1. The van der Waals surface area contributed by atoms with Gasteiger partial charge in [-0.25, -0.2) is 0 Å². The van der Waals surface area contributed by atoms with Crippen molar-refractivity contribution >= 4 is 23.5 Å². The van der Waals surface area contributed by atoms with Crippen LogP contribution in [0.15, 0.2) is 18.2 Å². The van der Waals surface area contributed by atoms with Gasteiger partial charge in [-0.15, -0.1) is 0 Å². The number of nitrogens with zero attached hydrogens (tertiary/aromatic N) is 2. The maximum Gasteiger partial charge on any atom is 0.311 e. The maximum atomic E-state index is 12.4. The van der Waals surface area contributed by atoms with E-state index >= 15 is 0 Å². The second kappa shape index (κ2) is 8.61. The minimum Gasteiger partial charge on any atom is -0.486 e. The molecule has 1 fully saturated rings. The molecular weight excluding hydrogens is 390 g/mol. The van der Waals surface area contributed by atoms with Crippen molar-refractivity contribution in [2.24, 2.45) is 11.8 Å². The molecule has 0 unspecified atom stereocenters. The molecule has 30 heavy (non-hydrogen) atoms. The third-order valence-electron chi connectivity index (χ3n) is 5.43. The summed E-state index contributed by atoms with van der Waals surface area (Å²) in [5, 5.41) is 11.8. The van der Waals surface area contributed by atoms with E-state index in [1.165, 1.54) is 4.90 Å². The predicted molar refractivity (Wildman–Crippen MR) is 106 cm³/mol. The number of nitrogens with one attached hydrogen (secondary N) is 1. The van der Waals surface area contributed by atoms with Crippen LogP contribution < -0.4 is 19.7 Å². The highest BCUT2D eigenvalue weighted by Crippen LogP contribution is 2.36. The fourth-order valence-electron chi connectivity index (χ4n) is 3.20. The summed E-state index contributed by atoms with van der Waals surface area (Å²) in [4.78, 5) is 38.4. The van der Waals surface area contributed by atoms with Crippen LogP contribution in [-0.2, 0) is 19.1 Å². The molecular formula is C21H25N3O6. The molecule has 2 atom stereocenters. The number of ether oxygens (including phenoxy) is 3. The number of nitriles is 1. The highest BCUT2D eigenvalue weighted by Gasteiger charge is 2.37. The molecule has 0 bridgehead atoms. The van der Waals surface area contributed by atoms with Crippen LogP contribution in [0.2, 0.25) is 0 Å². The lowest BCUT2D eigenvalue weighted by Crippen LogP contribution is -2.50. The number of benzene rings is 1. The molecule has 0 saturated carbocycles. The lowest BCUT2D eigenvalue weighted by Gasteiger charge is -2.27. The highest BCUT2D eigenvalue weighted by molar-refractivity contribution is 6.00. The van der Waals surface area contributed by atoms with Gasteiger partial charge in [0, 0.05) is 24.7 Å². The Balaban J connectivity index is 1.56. The fourth-order valence-corrected chi connectivity index (χ4v) is 3.20. The van der Waals surface area contributed by atoms with Gasteiger partial charge in [-0.05, 0) is 25.0 Å². The molecule has 3 rings (SSSR count). The number of hydrogen-bond acceptors (Lipinski definition) is 7. The zero-order valence-electron chi connectivity index (χ0n) is 17.3. The summed E-state index contributed by atoms with van der Waals surface area (Å²) in [5.74, 6) is -1.02. The van der Waals surface area contributed by atoms with Crippen LogP contribution >= 0.6 is 0 Å². The summed E-state index contributed by atoms with van der Waals surface area (Å²) in [6.45, 7) is 5.79. The van der Waals surface area contributed by atoms with Crippen molar-refractivity contribution < 1.29 is 28.6 Å². The van der Waals surface area contributed by atoms with Crippen molar-refractivity contribution in [1.82, 2.24) is 5.32 Å². The summed E-state index contributed by atoms with van der Waals surface area (Å²) in [6.07, 6.45) is -0.00318. The molecule has 0 spiro atoms. The van der Waals surface area contributed by atoms with Gasteiger partial charge >= 0.3 is 5.97 Å². The number of esters is 1. The normalized spacial score (nSPS) is 19.8. The van der Waals surface area contributed by atoms with Gasteiger partial charge in [0.2, 0.25) is 5.91 Å². The molecule has 1 aromatic carbocycles. The molecule has 0 radical (unpaired) electrons. The van der Waals surface area contributed by atoms with E-state index in [0.717, 1.165) is 0 Å². The standard InChI is InChI=1S/C21H25N3O6/c1-13(2)21(3,12-22)23-18(25)11-30-20(27)14-8-19(26)24(10-14)15-4-5-16-17(9-15)29-7-6-28-16/h4-5,9,13-14H,6-8,10-11H2,1-3H3,(H,23,25)/t14-,21-/m1/s1. The van der Waals surface area contributed by atoms with Crippen LogP contribution in [0.1, 0.15) is 27.2 Å². The van der Waals surface area contributed by atoms with E-state index < -0.39 is 29.9 Å². The third-order valence-corrected chi connectivity index (χ3v) is 5.43. The molecule has 1 aromatic rings. The third kappa shape index (κ3) is 4.48. The predicted octanol–water partition coefficient (Wildman–Crippen LogP) is 1.41. The minimum absolute atomic E-state index is 0.00318. The van der Waals surface area contributed by atoms with Gasteiger partial charge in [-0.1, -0.05) is 13.8 Å². The van der Waals surface area contributed by atoms with Gasteiger partial charge in [-0.2, -0.15) is 5.26 Å². The minimum atomic E-state index is -1.05. The molecule has 0 aromatic heterocycles. The van der Waals surface area contributed by atoms with Gasteiger partial charge < -0.3 is 24.4 Å². The number of hydrogen-bond donors (Lipinski definition) is 1. The maximum absolute atomic E-state index is 12.4. The molecule has 9 nitrogen and oxygen atoms in total. The lowest BCUT2D eigenvalue weighted by molar-refractivity contribution is -0.152. The Bertz CT molecular complexity index is 893. The summed E-state index contributed by atoms with van der Waals surface area (Å²) in [7, 11) is 0. The zero-order chi connectivity index (χ0) is 21.9. The van der Waals surface area contributed by atoms with E-state index in [-0.39, 0.29) is 24.8 Å². The Labute approximate surface area is 174 Å². The molecule has 2 aliphatic heterocycles. The number of fused-ring (bicyclic) bond motifs is 1. The summed E-state index contributed by atoms with van der Waals surface area (Å²) in [6, 6.07) is 7.24. The fraction of sp³-hybridized carbons (Fsp3) is 0.524. The number of anilines is 1. The van der Waals surface area contributed by atoms with Gasteiger partial charge in [0.1, 0.15) is 18.8 Å². The smallest absolute Gasteiger partial charge is 0.311 e. The average molecular weight is 415 g/mol. The van der Waals surface area contributed by atoms with Crippen molar-refractivity contribution in [3.8, 4) is 17.6 Å². The van der Waals surface area contributed by atoms with Crippen LogP contribution in [0.5, 0.6) is 11.5 Å². The highest BCUT2D eigenvalue weighted by atomic mass is 16.6. The second-order valence-corrected chi connectivity index (χ2v) is 7.86. The van der Waals surface area contributed by atoms with Gasteiger partial charge in [-0.3, -0.25) is 14.4 Å². The first kappa shape index (κ1) is 21.4. The number of carbonyl (C=O) groups is 3. The van der Waals surface area contributed by atoms with Crippen molar-refractivity contribution in [2.75, 3.05) is 31.3 Å². The summed E-state index contributed by atoms with van der Waals surface area (Å²) < 4.78 is 16.1. The molecule has 160 valence electrons. The van der Waals surface area contributed by atoms with E-state index in [1.54, 1.807) is 25.1 Å². The zero-order valence-corrected chi connectivity index (χ0v) is 17.3. The average Bonchev–Trinajstić information content (AvgIpc) is 3.13. The molecule has 2 amide bonds. The van der Waals surface area contributed by atoms with Gasteiger partial charge in [0.15, 0.2) is 18.1 Å². The first-order chi connectivity index (χ1) is 14.2. The molecule has 1 N–H and O–H groups in total. The Kier molecular flexibility index (Phi) is 6.15. The van der Waals surface area contributed by atoms with Crippen LogP contribution in [0.25, 0.3) is 0 Å². The number of carbonyl (C=O) groups excluding carboxylic acids is 3. The largest absolute Gasteiger partial charge is 0.486 e. The van der Waals surface area contributed by atoms with Gasteiger partial charge in [0.25, 0.3) is 5.91 Å². The van der Waals surface area contributed by atoms with Crippen molar-refractivity contribution in [3.63, 3.8) is 0 Å². The Morgan fingerprint density at radius 2 is 2.03 bits per heavy atom. The van der Waals surface area contributed by atoms with Crippen LogP contribution in [-0.4, -0.2) is 49.7 Å². The first-order valence-corrected chi connectivity index (χ1v) is 9.82. The van der Waals surface area contributed by atoms with Crippen LogP contribution in [0.4, 0.5) is 5.69 Å². The Hall–Kier alpha value is -3.28. The van der Waals surface area contributed by atoms with Gasteiger partial charge in [0.05, 0.1) is 12.0 Å². The molecule has 1 saturated heterocycles. The van der Waals surface area contributed by atoms with Crippen molar-refractivity contribution in [2.45, 2.75) is 32.7 Å². The van der Waals surface area contributed by atoms with E-state index in [9.17, 15) is 19.6 Å². The summed E-state index contributed by atoms with van der Waals surface area (Å²) in [5.41, 5.74) is -0.444. The van der Waals surface area contributed by atoms with Crippen molar-refractivity contribution in [1.29, 1.82) is 5.26 Å². The van der Waals surface area contributed by atoms with Crippen LogP contribution in [0.3, 0.4) is 0 Å². The molecule has 0 aliphatic carbocycles. The molecule has 9 heteroatoms. The van der Waals surface area contributed by atoms with E-state index in [4.69, 9.17) is 14.2 Å². The van der Waals surface area contributed by atoms with E-state index in [0.29, 0.717) is 30.4 Å². The number of rotatable bonds is 6. The molecule has 2 heterocycles. The topological polar surface area (TPSA) is 118 Å². The Morgan fingerprint density at radius 3 is 2.70 bits per heavy atom. The van der Waals surface area contributed by atoms with Crippen molar-refractivity contribution in [3.05, 3.63) is 18.2 Å². The van der Waals surface area contributed by atoms with Crippen LogP contribution in [0, 0.1) is 23.2 Å². The number of amides is 2. The Morgan fingerprint density at radius 1 is 1.33 bits per heavy atom. The lowest BCUT2D eigenvalue weighted by atomic mass is 9.90. The van der Waals surface area contributed by atoms with E-state index in [1.807, 2.05) is 13.8 Å². The van der Waals surface area contributed by atoms with E-state index in [2.05, 4.69) is 11.4 Å². The molecule has 2 aliphatic rings.